The number of benzene rings is 2. The molecule has 37 heavy (non-hydrogen) atoms. The summed E-state index contributed by atoms with van der Waals surface area (Å²) in [5.41, 5.74) is 23.1. The van der Waals surface area contributed by atoms with Crippen LogP contribution in [0.2, 0.25) is 0 Å². The molecule has 14 nitrogen and oxygen atoms in total. The highest BCUT2D eigenvalue weighted by molar-refractivity contribution is 7.79. The fourth-order valence-electron chi connectivity index (χ4n) is 2.98. The Labute approximate surface area is 214 Å². The smallest absolute Gasteiger partial charge is 0.186 e. The summed E-state index contributed by atoms with van der Waals surface area (Å²) in [5, 5.41) is 0. The van der Waals surface area contributed by atoms with Gasteiger partial charge in [0, 0.05) is 23.2 Å². The molecule has 0 saturated carbocycles. The largest absolute Gasteiger partial charge is 0.759 e. The summed E-state index contributed by atoms with van der Waals surface area (Å²) >= 11 is 0. The highest BCUT2D eigenvalue weighted by atomic mass is 32.3. The molecular formula is C22H30N6O8S-2. The molecule has 15 heteroatoms. The SMILES string of the molecule is NC(N)=NCc1ccc2c(c1)OCCCO2.NC(N)=NCc1ccc2c(c1)OCCCO2.O=S(=O)([O-])[O-]. The van der Waals surface area contributed by atoms with Crippen LogP contribution in [0.25, 0.3) is 0 Å². The summed E-state index contributed by atoms with van der Waals surface area (Å²) in [6.07, 6.45) is 1.80. The van der Waals surface area contributed by atoms with Crippen LogP contribution in [0.3, 0.4) is 0 Å². The van der Waals surface area contributed by atoms with Gasteiger partial charge in [0.1, 0.15) is 0 Å². The number of aliphatic imine (C=N–C) groups is 2. The summed E-state index contributed by atoms with van der Waals surface area (Å²) in [6.45, 7) is 3.66. The van der Waals surface area contributed by atoms with Crippen molar-refractivity contribution in [2.24, 2.45) is 32.9 Å². The number of rotatable bonds is 4. The number of hydrogen-bond donors (Lipinski definition) is 4. The molecule has 204 valence electrons. The topological polar surface area (TPSA) is 246 Å². The van der Waals surface area contributed by atoms with Crippen LogP contribution >= 0.6 is 0 Å². The van der Waals surface area contributed by atoms with Gasteiger partial charge in [-0.25, -0.2) is 9.98 Å². The zero-order valence-corrected chi connectivity index (χ0v) is 20.8. The highest BCUT2D eigenvalue weighted by Crippen LogP contribution is 2.31. The minimum Gasteiger partial charge on any atom is -0.759 e. The fourth-order valence-corrected chi connectivity index (χ4v) is 2.98. The molecular weight excluding hydrogens is 508 g/mol. The second kappa shape index (κ2) is 14.6. The average Bonchev–Trinajstić information content (AvgIpc) is 3.20. The summed E-state index contributed by atoms with van der Waals surface area (Å²) in [5.74, 6) is 3.28. The van der Waals surface area contributed by atoms with Crippen LogP contribution in [-0.2, 0) is 23.5 Å². The molecule has 2 aromatic carbocycles. The van der Waals surface area contributed by atoms with Crippen LogP contribution in [0, 0.1) is 0 Å². The quantitative estimate of drug-likeness (QED) is 0.172. The van der Waals surface area contributed by atoms with Crippen molar-refractivity contribution in [1.29, 1.82) is 0 Å². The lowest BCUT2D eigenvalue weighted by atomic mass is 10.2. The summed E-state index contributed by atoms with van der Waals surface area (Å²) < 4.78 is 56.2. The van der Waals surface area contributed by atoms with E-state index in [-0.39, 0.29) is 11.9 Å². The normalized spacial score (nSPS) is 13.7. The first-order valence-electron chi connectivity index (χ1n) is 11.1. The number of ether oxygens (including phenoxy) is 4. The Morgan fingerprint density at radius 2 is 1.00 bits per heavy atom. The number of nitrogens with zero attached hydrogens (tertiary/aromatic N) is 2. The molecule has 0 fully saturated rings. The molecule has 0 unspecified atom stereocenters. The molecule has 0 saturated heterocycles. The molecule has 0 aliphatic carbocycles. The first kappa shape index (κ1) is 29.3. The van der Waals surface area contributed by atoms with Crippen LogP contribution in [0.4, 0.5) is 0 Å². The number of hydrogen-bond acceptors (Lipinski definition) is 10. The molecule has 0 aromatic heterocycles. The molecule has 0 atom stereocenters. The first-order valence-corrected chi connectivity index (χ1v) is 12.4. The van der Waals surface area contributed by atoms with E-state index in [1.807, 2.05) is 36.4 Å². The van der Waals surface area contributed by atoms with Gasteiger partial charge in [0.05, 0.1) is 39.5 Å². The van der Waals surface area contributed by atoms with Crippen LogP contribution in [-0.4, -0.2) is 55.9 Å². The third-order valence-corrected chi connectivity index (χ3v) is 4.51. The molecule has 4 rings (SSSR count). The Morgan fingerprint density at radius 1 is 0.676 bits per heavy atom. The van der Waals surface area contributed by atoms with Gasteiger partial charge in [-0.15, -0.1) is 0 Å². The maximum atomic E-state index is 8.52. The van der Waals surface area contributed by atoms with E-state index in [2.05, 4.69) is 9.98 Å². The Balaban J connectivity index is 0.000000221. The number of nitrogens with two attached hydrogens (primary N) is 4. The number of guanidine groups is 2. The third kappa shape index (κ3) is 12.5. The van der Waals surface area contributed by atoms with Gasteiger partial charge in [-0.1, -0.05) is 12.1 Å². The Kier molecular flexibility index (Phi) is 11.5. The lowest BCUT2D eigenvalue weighted by molar-refractivity contribution is 0.296. The maximum absolute atomic E-state index is 8.52. The summed E-state index contributed by atoms with van der Waals surface area (Å²) in [7, 11) is -5.17. The van der Waals surface area contributed by atoms with Crippen LogP contribution in [0.5, 0.6) is 23.0 Å². The zero-order valence-electron chi connectivity index (χ0n) is 20.0. The van der Waals surface area contributed by atoms with Gasteiger partial charge in [-0.2, -0.15) is 0 Å². The molecule has 2 aliphatic heterocycles. The van der Waals surface area contributed by atoms with E-state index in [9.17, 15) is 0 Å². The summed E-state index contributed by atoms with van der Waals surface area (Å²) in [6, 6.07) is 11.5. The van der Waals surface area contributed by atoms with Crippen LogP contribution in [0.1, 0.15) is 24.0 Å². The summed E-state index contributed by atoms with van der Waals surface area (Å²) in [4.78, 5) is 7.89. The van der Waals surface area contributed by atoms with Gasteiger partial charge >= 0.3 is 0 Å². The van der Waals surface area contributed by atoms with E-state index < -0.39 is 10.4 Å². The van der Waals surface area contributed by atoms with Crippen LogP contribution in [0.15, 0.2) is 46.4 Å². The lowest BCUT2D eigenvalue weighted by Gasteiger charge is -2.08. The van der Waals surface area contributed by atoms with E-state index in [1.54, 1.807) is 0 Å². The van der Waals surface area contributed by atoms with Gasteiger partial charge < -0.3 is 51.0 Å². The fraction of sp³-hybridized carbons (Fsp3) is 0.364. The Bertz CT molecular complexity index is 1100. The maximum Gasteiger partial charge on any atom is 0.186 e. The Morgan fingerprint density at radius 3 is 1.32 bits per heavy atom. The van der Waals surface area contributed by atoms with E-state index in [1.165, 1.54) is 0 Å². The van der Waals surface area contributed by atoms with Gasteiger partial charge in [-0.05, 0) is 35.4 Å². The monoisotopic (exact) mass is 538 g/mol. The minimum atomic E-state index is -5.17. The van der Waals surface area contributed by atoms with Gasteiger partial charge in [0.2, 0.25) is 0 Å². The average molecular weight is 539 g/mol. The van der Waals surface area contributed by atoms with Gasteiger partial charge in [0.25, 0.3) is 0 Å². The van der Waals surface area contributed by atoms with E-state index >= 15 is 0 Å². The molecule has 2 aromatic rings. The third-order valence-electron chi connectivity index (χ3n) is 4.51. The lowest BCUT2D eigenvalue weighted by Crippen LogP contribution is -2.22. The molecule has 0 bridgehead atoms. The second-order valence-corrected chi connectivity index (χ2v) is 8.37. The van der Waals surface area contributed by atoms with E-state index in [0.717, 1.165) is 47.0 Å². The van der Waals surface area contributed by atoms with Crippen molar-refractivity contribution in [3.63, 3.8) is 0 Å². The van der Waals surface area contributed by atoms with Crippen LogP contribution < -0.4 is 41.9 Å². The molecule has 8 N–H and O–H groups in total. The van der Waals surface area contributed by atoms with Crippen molar-refractivity contribution in [2.75, 3.05) is 26.4 Å². The molecule has 0 amide bonds. The second-order valence-electron chi connectivity index (χ2n) is 7.55. The van der Waals surface area contributed by atoms with Crippen molar-refractivity contribution in [2.45, 2.75) is 25.9 Å². The van der Waals surface area contributed by atoms with Crippen molar-refractivity contribution < 1.29 is 36.5 Å². The van der Waals surface area contributed by atoms with Gasteiger partial charge in [0.15, 0.2) is 34.9 Å². The van der Waals surface area contributed by atoms with E-state index in [4.69, 9.17) is 59.4 Å². The highest BCUT2D eigenvalue weighted by Gasteiger charge is 2.11. The molecule has 0 radical (unpaired) electrons. The number of fused-ring (bicyclic) bond motifs is 2. The van der Waals surface area contributed by atoms with Crippen molar-refractivity contribution in [3.05, 3.63) is 47.5 Å². The Hall–Kier alpha value is -3.95. The van der Waals surface area contributed by atoms with Crippen molar-refractivity contribution >= 4 is 22.3 Å². The molecule has 0 spiro atoms. The van der Waals surface area contributed by atoms with Crippen molar-refractivity contribution in [1.82, 2.24) is 0 Å². The predicted octanol–water partition coefficient (Wildman–Crippen LogP) is -0.0954. The standard InChI is InChI=1S/2C11H15N3O2.H2O4S/c2*12-11(13)14-7-8-2-3-9-10(6-8)16-5-1-4-15-9;1-5(2,3)4/h2*2-3,6H,1,4-5,7H2,(H4,12,13,14);(H2,1,2,3,4)/p-2. The van der Waals surface area contributed by atoms with Crippen molar-refractivity contribution in [3.8, 4) is 23.0 Å². The predicted molar refractivity (Wildman–Crippen MR) is 134 cm³/mol. The van der Waals surface area contributed by atoms with Gasteiger partial charge in [-0.3, -0.25) is 8.42 Å². The zero-order chi connectivity index (χ0) is 27.3. The molecule has 2 aliphatic rings. The minimum absolute atomic E-state index is 0.0899. The van der Waals surface area contributed by atoms with E-state index in [0.29, 0.717) is 39.5 Å². The first-order chi connectivity index (χ1) is 17.5. The molecule has 2 heterocycles.